The minimum Gasteiger partial charge on any atom is -0.497 e. The third kappa shape index (κ3) is 5.19. The summed E-state index contributed by atoms with van der Waals surface area (Å²) < 4.78 is 5.07. The zero-order valence-electron chi connectivity index (χ0n) is 11.3. The molecule has 0 spiro atoms. The number of carbonyl (C=O) groups is 1. The van der Waals surface area contributed by atoms with Gasteiger partial charge in [-0.2, -0.15) is 0 Å². The fourth-order valence-electron chi connectivity index (χ4n) is 1.42. The molecule has 0 radical (unpaired) electrons. The number of hydrogen-bond donors (Lipinski definition) is 2. The van der Waals surface area contributed by atoms with Gasteiger partial charge in [-0.05, 0) is 31.0 Å². The van der Waals surface area contributed by atoms with E-state index < -0.39 is 0 Å². The first-order chi connectivity index (χ1) is 8.65. The minimum absolute atomic E-state index is 0.0196. The van der Waals surface area contributed by atoms with E-state index in [0.717, 1.165) is 17.7 Å². The van der Waals surface area contributed by atoms with Crippen molar-refractivity contribution >= 4 is 5.91 Å². The Balaban J connectivity index is 2.29. The van der Waals surface area contributed by atoms with Crippen molar-refractivity contribution < 1.29 is 9.53 Å². The van der Waals surface area contributed by atoms with Gasteiger partial charge < -0.3 is 15.4 Å². The lowest BCUT2D eigenvalue weighted by Gasteiger charge is -2.11. The maximum absolute atomic E-state index is 11.6. The number of methoxy groups -OCH3 is 1. The van der Waals surface area contributed by atoms with E-state index in [1.54, 1.807) is 7.11 Å². The molecule has 18 heavy (non-hydrogen) atoms. The zero-order valence-corrected chi connectivity index (χ0v) is 11.3. The molecule has 2 N–H and O–H groups in total. The lowest BCUT2D eigenvalue weighted by Crippen LogP contribution is -2.37. The SMILES string of the molecule is CCC(C)NCC(=O)NCc1ccc(OC)cc1. The maximum Gasteiger partial charge on any atom is 0.234 e. The summed E-state index contributed by atoms with van der Waals surface area (Å²) in [7, 11) is 1.64. The van der Waals surface area contributed by atoms with Crippen LogP contribution in [0.2, 0.25) is 0 Å². The third-order valence-electron chi connectivity index (χ3n) is 2.87. The molecular formula is C14H22N2O2. The molecule has 0 aromatic heterocycles. The average molecular weight is 250 g/mol. The van der Waals surface area contributed by atoms with Gasteiger partial charge >= 0.3 is 0 Å². The van der Waals surface area contributed by atoms with Gasteiger partial charge in [0.2, 0.25) is 5.91 Å². The van der Waals surface area contributed by atoms with Crippen LogP contribution in [0.15, 0.2) is 24.3 Å². The molecule has 4 nitrogen and oxygen atoms in total. The first-order valence-corrected chi connectivity index (χ1v) is 6.28. The van der Waals surface area contributed by atoms with Crippen LogP contribution in [0.3, 0.4) is 0 Å². The third-order valence-corrected chi connectivity index (χ3v) is 2.87. The summed E-state index contributed by atoms with van der Waals surface area (Å²) in [6.45, 7) is 5.07. The summed E-state index contributed by atoms with van der Waals surface area (Å²) in [5.41, 5.74) is 1.06. The van der Waals surface area contributed by atoms with Crippen LogP contribution in [0.4, 0.5) is 0 Å². The molecule has 1 rings (SSSR count). The van der Waals surface area contributed by atoms with E-state index in [9.17, 15) is 4.79 Å². The average Bonchev–Trinajstić information content (AvgIpc) is 2.42. The number of rotatable bonds is 7. The number of benzene rings is 1. The molecule has 0 saturated carbocycles. The van der Waals surface area contributed by atoms with Gasteiger partial charge in [-0.3, -0.25) is 4.79 Å². The summed E-state index contributed by atoms with van der Waals surface area (Å²) in [6, 6.07) is 8.04. The van der Waals surface area contributed by atoms with E-state index in [2.05, 4.69) is 24.5 Å². The smallest absolute Gasteiger partial charge is 0.234 e. The lowest BCUT2D eigenvalue weighted by molar-refractivity contribution is -0.120. The summed E-state index contributed by atoms with van der Waals surface area (Å²) in [5.74, 6) is 0.842. The lowest BCUT2D eigenvalue weighted by atomic mass is 10.2. The van der Waals surface area contributed by atoms with Crippen LogP contribution in [-0.4, -0.2) is 25.6 Å². The highest BCUT2D eigenvalue weighted by Gasteiger charge is 2.03. The van der Waals surface area contributed by atoms with E-state index in [1.807, 2.05) is 24.3 Å². The normalized spacial score (nSPS) is 11.9. The predicted molar refractivity (Wildman–Crippen MR) is 72.6 cm³/mol. The summed E-state index contributed by atoms with van der Waals surface area (Å²) in [6.07, 6.45) is 1.02. The molecule has 0 aliphatic heterocycles. The summed E-state index contributed by atoms with van der Waals surface area (Å²) >= 11 is 0. The van der Waals surface area contributed by atoms with Crippen LogP contribution in [-0.2, 0) is 11.3 Å². The second kappa shape index (κ2) is 7.71. The predicted octanol–water partition coefficient (Wildman–Crippen LogP) is 1.70. The molecule has 1 amide bonds. The first kappa shape index (κ1) is 14.5. The number of amides is 1. The van der Waals surface area contributed by atoms with Crippen LogP contribution in [0.25, 0.3) is 0 Å². The fraction of sp³-hybridized carbons (Fsp3) is 0.500. The van der Waals surface area contributed by atoms with Crippen molar-refractivity contribution in [3.05, 3.63) is 29.8 Å². The standard InChI is InChI=1S/C14H22N2O2/c1-4-11(2)15-10-14(17)16-9-12-5-7-13(18-3)8-6-12/h5-8,11,15H,4,9-10H2,1-3H3,(H,16,17). The van der Waals surface area contributed by atoms with Gasteiger partial charge in [-0.1, -0.05) is 19.1 Å². The molecule has 0 heterocycles. The minimum atomic E-state index is 0.0196. The molecule has 0 saturated heterocycles. The van der Waals surface area contributed by atoms with Gasteiger partial charge in [0.1, 0.15) is 5.75 Å². The Morgan fingerprint density at radius 2 is 2.00 bits per heavy atom. The van der Waals surface area contributed by atoms with Crippen LogP contribution in [0.5, 0.6) is 5.75 Å². The molecule has 0 bridgehead atoms. The Morgan fingerprint density at radius 1 is 1.33 bits per heavy atom. The second-order valence-corrected chi connectivity index (χ2v) is 4.32. The Morgan fingerprint density at radius 3 is 2.56 bits per heavy atom. The van der Waals surface area contributed by atoms with Gasteiger partial charge in [0.25, 0.3) is 0 Å². The fourth-order valence-corrected chi connectivity index (χ4v) is 1.42. The van der Waals surface area contributed by atoms with Crippen molar-refractivity contribution in [3.63, 3.8) is 0 Å². The number of hydrogen-bond acceptors (Lipinski definition) is 3. The van der Waals surface area contributed by atoms with Crippen LogP contribution in [0, 0.1) is 0 Å². The Bertz CT molecular complexity index is 363. The number of carbonyl (C=O) groups excluding carboxylic acids is 1. The Kier molecular flexibility index (Phi) is 6.22. The van der Waals surface area contributed by atoms with E-state index in [1.165, 1.54) is 0 Å². The largest absolute Gasteiger partial charge is 0.497 e. The quantitative estimate of drug-likeness (QED) is 0.774. The Hall–Kier alpha value is -1.55. The molecule has 0 aliphatic carbocycles. The van der Waals surface area contributed by atoms with Crippen LogP contribution >= 0.6 is 0 Å². The van der Waals surface area contributed by atoms with Crippen molar-refractivity contribution in [1.29, 1.82) is 0 Å². The molecule has 1 unspecified atom stereocenters. The van der Waals surface area contributed by atoms with E-state index in [0.29, 0.717) is 19.1 Å². The van der Waals surface area contributed by atoms with Crippen molar-refractivity contribution in [2.45, 2.75) is 32.9 Å². The zero-order chi connectivity index (χ0) is 13.4. The second-order valence-electron chi connectivity index (χ2n) is 4.32. The molecule has 1 atom stereocenters. The van der Waals surface area contributed by atoms with Crippen LogP contribution < -0.4 is 15.4 Å². The van der Waals surface area contributed by atoms with Crippen molar-refractivity contribution in [2.24, 2.45) is 0 Å². The highest BCUT2D eigenvalue weighted by Crippen LogP contribution is 2.10. The van der Waals surface area contributed by atoms with E-state index >= 15 is 0 Å². The molecule has 0 aliphatic rings. The molecule has 1 aromatic carbocycles. The van der Waals surface area contributed by atoms with Gasteiger partial charge in [-0.25, -0.2) is 0 Å². The summed E-state index contributed by atoms with van der Waals surface area (Å²) in [5, 5.41) is 6.03. The molecule has 100 valence electrons. The van der Waals surface area contributed by atoms with Gasteiger partial charge in [0.05, 0.1) is 13.7 Å². The van der Waals surface area contributed by atoms with E-state index in [-0.39, 0.29) is 5.91 Å². The van der Waals surface area contributed by atoms with Gasteiger partial charge in [0.15, 0.2) is 0 Å². The molecular weight excluding hydrogens is 228 g/mol. The molecule has 4 heteroatoms. The maximum atomic E-state index is 11.6. The first-order valence-electron chi connectivity index (χ1n) is 6.28. The van der Waals surface area contributed by atoms with Crippen LogP contribution in [0.1, 0.15) is 25.8 Å². The number of ether oxygens (including phenoxy) is 1. The monoisotopic (exact) mass is 250 g/mol. The topological polar surface area (TPSA) is 50.4 Å². The number of nitrogens with one attached hydrogen (secondary N) is 2. The molecule has 0 fully saturated rings. The van der Waals surface area contributed by atoms with Gasteiger partial charge in [0, 0.05) is 12.6 Å². The van der Waals surface area contributed by atoms with Crippen molar-refractivity contribution in [1.82, 2.24) is 10.6 Å². The molecule has 1 aromatic rings. The highest BCUT2D eigenvalue weighted by molar-refractivity contribution is 5.78. The van der Waals surface area contributed by atoms with Crippen molar-refractivity contribution in [2.75, 3.05) is 13.7 Å². The highest BCUT2D eigenvalue weighted by atomic mass is 16.5. The van der Waals surface area contributed by atoms with Crippen molar-refractivity contribution in [3.8, 4) is 5.75 Å². The van der Waals surface area contributed by atoms with E-state index in [4.69, 9.17) is 4.74 Å². The van der Waals surface area contributed by atoms with Gasteiger partial charge in [-0.15, -0.1) is 0 Å². The summed E-state index contributed by atoms with van der Waals surface area (Å²) in [4.78, 5) is 11.6. The Labute approximate surface area is 109 Å².